The lowest BCUT2D eigenvalue weighted by atomic mass is 9.92. The third kappa shape index (κ3) is 6.14. The highest BCUT2D eigenvalue weighted by molar-refractivity contribution is 6.12. The van der Waals surface area contributed by atoms with Crippen LogP contribution in [-0.2, 0) is 0 Å². The molecule has 5 heteroatoms. The molecule has 9 aromatic carbocycles. The smallest absolute Gasteiger partial charge is 0.238 e. The van der Waals surface area contributed by atoms with Gasteiger partial charge in [0.1, 0.15) is 11.2 Å². The van der Waals surface area contributed by atoms with Gasteiger partial charge in [0.25, 0.3) is 0 Å². The highest BCUT2D eigenvalue weighted by Gasteiger charge is 2.20. The first kappa shape index (κ1) is 35.5. The van der Waals surface area contributed by atoms with Crippen LogP contribution in [-0.4, -0.2) is 19.5 Å². The lowest BCUT2D eigenvalue weighted by Crippen LogP contribution is -2.06. The Morgan fingerprint density at radius 1 is 0.290 bits per heavy atom. The molecule has 3 heterocycles. The summed E-state index contributed by atoms with van der Waals surface area (Å²) in [6, 6.07) is 76.4. The standard InChI is InChI=1S/C57H36N4O/c1-4-14-37(15-5-1)38-24-26-39(27-25-38)40-28-30-43(31-29-40)56-58-55(42-18-8-3-9-19-42)59-57(60-56)61-51-22-12-10-20-45(51)46-33-32-44(34-52(46)61)48-35-50-47-21-11-13-23-53(47)62-54(50)36-49(48)41-16-6-2-7-17-41/h1-36H. The van der Waals surface area contributed by atoms with Gasteiger partial charge in [0.05, 0.1) is 11.0 Å². The molecule has 0 radical (unpaired) electrons. The quantitative estimate of drug-likeness (QED) is 0.161. The van der Waals surface area contributed by atoms with Crippen molar-refractivity contribution in [3.8, 4) is 73.2 Å². The fraction of sp³-hybridized carbons (Fsp3) is 0. The molecule has 0 spiro atoms. The third-order valence-corrected chi connectivity index (χ3v) is 11.9. The predicted molar refractivity (Wildman–Crippen MR) is 254 cm³/mol. The molecule has 0 N–H and O–H groups in total. The monoisotopic (exact) mass is 792 g/mol. The zero-order valence-corrected chi connectivity index (χ0v) is 33.5. The van der Waals surface area contributed by atoms with Gasteiger partial charge in [-0.3, -0.25) is 4.57 Å². The molecule has 290 valence electrons. The van der Waals surface area contributed by atoms with Crippen molar-refractivity contribution in [2.75, 3.05) is 0 Å². The molecule has 5 nitrogen and oxygen atoms in total. The molecule has 0 amide bonds. The number of aromatic nitrogens is 4. The fourth-order valence-corrected chi connectivity index (χ4v) is 8.83. The van der Waals surface area contributed by atoms with E-state index in [0.717, 1.165) is 88.3 Å². The molecule has 12 aromatic rings. The minimum atomic E-state index is 0.553. The number of rotatable bonds is 7. The van der Waals surface area contributed by atoms with Crippen molar-refractivity contribution >= 4 is 43.7 Å². The van der Waals surface area contributed by atoms with E-state index in [1.54, 1.807) is 0 Å². The first-order chi connectivity index (χ1) is 30.7. The molecule has 0 fully saturated rings. The van der Waals surface area contributed by atoms with Crippen LogP contribution in [0.2, 0.25) is 0 Å². The second-order valence-corrected chi connectivity index (χ2v) is 15.6. The second kappa shape index (κ2) is 14.7. The molecule has 0 aliphatic heterocycles. The van der Waals surface area contributed by atoms with E-state index in [2.05, 4.69) is 187 Å². The van der Waals surface area contributed by atoms with Crippen LogP contribution in [0.4, 0.5) is 0 Å². The largest absolute Gasteiger partial charge is 0.456 e. The number of hydrogen-bond acceptors (Lipinski definition) is 4. The van der Waals surface area contributed by atoms with E-state index in [1.165, 1.54) is 11.1 Å². The summed E-state index contributed by atoms with van der Waals surface area (Å²) < 4.78 is 8.61. The summed E-state index contributed by atoms with van der Waals surface area (Å²) in [6.45, 7) is 0. The summed E-state index contributed by atoms with van der Waals surface area (Å²) in [6.07, 6.45) is 0. The van der Waals surface area contributed by atoms with Gasteiger partial charge in [-0.2, -0.15) is 9.97 Å². The van der Waals surface area contributed by atoms with Crippen molar-refractivity contribution in [2.45, 2.75) is 0 Å². The lowest BCUT2D eigenvalue weighted by molar-refractivity contribution is 0.669. The highest BCUT2D eigenvalue weighted by Crippen LogP contribution is 2.42. The SMILES string of the molecule is c1ccc(-c2ccc(-c3ccc(-c4nc(-c5ccccc5)nc(-n5c6ccccc6c6ccc(-c7cc8c(cc7-c7ccccc7)oc7ccccc78)cc65)n4)cc3)cc2)cc1. The highest BCUT2D eigenvalue weighted by atomic mass is 16.3. The maximum atomic E-state index is 6.41. The van der Waals surface area contributed by atoms with Gasteiger partial charge >= 0.3 is 0 Å². The molecule has 12 rings (SSSR count). The van der Waals surface area contributed by atoms with Crippen molar-refractivity contribution in [3.05, 3.63) is 218 Å². The Hall–Kier alpha value is -8.41. The van der Waals surface area contributed by atoms with Gasteiger partial charge in [-0.05, 0) is 74.8 Å². The maximum absolute atomic E-state index is 6.41. The topological polar surface area (TPSA) is 56.7 Å². The molecule has 0 atom stereocenters. The molecular weight excluding hydrogens is 757 g/mol. The van der Waals surface area contributed by atoms with Gasteiger partial charge in [-0.1, -0.05) is 188 Å². The number of fused-ring (bicyclic) bond motifs is 6. The summed E-state index contributed by atoms with van der Waals surface area (Å²) in [5.41, 5.74) is 14.7. The van der Waals surface area contributed by atoms with Crippen LogP contribution < -0.4 is 0 Å². The average Bonchev–Trinajstić information content (AvgIpc) is 3.89. The average molecular weight is 793 g/mol. The Morgan fingerprint density at radius 3 is 1.42 bits per heavy atom. The van der Waals surface area contributed by atoms with E-state index in [-0.39, 0.29) is 0 Å². The van der Waals surface area contributed by atoms with Crippen molar-refractivity contribution in [3.63, 3.8) is 0 Å². The van der Waals surface area contributed by atoms with E-state index in [4.69, 9.17) is 19.4 Å². The first-order valence-corrected chi connectivity index (χ1v) is 20.8. The molecular formula is C57H36N4O. The Bertz CT molecular complexity index is 3590. The summed E-state index contributed by atoms with van der Waals surface area (Å²) in [5.74, 6) is 1.76. The fourth-order valence-electron chi connectivity index (χ4n) is 8.83. The first-order valence-electron chi connectivity index (χ1n) is 20.8. The van der Waals surface area contributed by atoms with E-state index >= 15 is 0 Å². The van der Waals surface area contributed by atoms with Crippen LogP contribution in [0.15, 0.2) is 223 Å². The Labute approximate surface area is 357 Å². The molecule has 0 saturated heterocycles. The summed E-state index contributed by atoms with van der Waals surface area (Å²) in [5, 5.41) is 4.42. The van der Waals surface area contributed by atoms with E-state index in [0.29, 0.717) is 17.6 Å². The van der Waals surface area contributed by atoms with Crippen molar-refractivity contribution in [2.24, 2.45) is 0 Å². The maximum Gasteiger partial charge on any atom is 0.238 e. The Morgan fingerprint density at radius 2 is 0.758 bits per heavy atom. The minimum absolute atomic E-state index is 0.553. The van der Waals surface area contributed by atoms with E-state index < -0.39 is 0 Å². The molecule has 0 aliphatic rings. The minimum Gasteiger partial charge on any atom is -0.456 e. The summed E-state index contributed by atoms with van der Waals surface area (Å²) >= 11 is 0. The molecule has 0 aliphatic carbocycles. The zero-order chi connectivity index (χ0) is 41.0. The van der Waals surface area contributed by atoms with Gasteiger partial charge in [0.15, 0.2) is 11.6 Å². The number of furan rings is 1. The zero-order valence-electron chi connectivity index (χ0n) is 33.5. The number of para-hydroxylation sites is 2. The van der Waals surface area contributed by atoms with Crippen LogP contribution in [0.3, 0.4) is 0 Å². The molecule has 0 saturated carbocycles. The predicted octanol–water partition coefficient (Wildman–Crippen LogP) is 14.9. The molecule has 62 heavy (non-hydrogen) atoms. The van der Waals surface area contributed by atoms with Crippen LogP contribution in [0.5, 0.6) is 0 Å². The van der Waals surface area contributed by atoms with Crippen molar-refractivity contribution in [1.29, 1.82) is 0 Å². The molecule has 0 bridgehead atoms. The summed E-state index contributed by atoms with van der Waals surface area (Å²) in [7, 11) is 0. The number of hydrogen-bond donors (Lipinski definition) is 0. The molecule has 3 aromatic heterocycles. The third-order valence-electron chi connectivity index (χ3n) is 11.9. The normalized spacial score (nSPS) is 11.5. The van der Waals surface area contributed by atoms with Crippen LogP contribution in [0, 0.1) is 0 Å². The van der Waals surface area contributed by atoms with Crippen LogP contribution in [0.1, 0.15) is 0 Å². The van der Waals surface area contributed by atoms with E-state index in [9.17, 15) is 0 Å². The number of nitrogens with zero attached hydrogens (tertiary/aromatic N) is 4. The number of benzene rings is 9. The summed E-state index contributed by atoms with van der Waals surface area (Å²) in [4.78, 5) is 15.6. The van der Waals surface area contributed by atoms with Crippen LogP contribution >= 0.6 is 0 Å². The van der Waals surface area contributed by atoms with Crippen molar-refractivity contribution < 1.29 is 4.42 Å². The molecule has 0 unspecified atom stereocenters. The van der Waals surface area contributed by atoms with Gasteiger partial charge < -0.3 is 4.42 Å². The van der Waals surface area contributed by atoms with Crippen molar-refractivity contribution in [1.82, 2.24) is 19.5 Å². The Kier molecular flexibility index (Phi) is 8.42. The van der Waals surface area contributed by atoms with E-state index in [1.807, 2.05) is 36.4 Å². The van der Waals surface area contributed by atoms with Crippen LogP contribution in [0.25, 0.3) is 117 Å². The van der Waals surface area contributed by atoms with Gasteiger partial charge in [-0.25, -0.2) is 4.98 Å². The van der Waals surface area contributed by atoms with Gasteiger partial charge in [0, 0.05) is 32.7 Å². The lowest BCUT2D eigenvalue weighted by Gasteiger charge is -2.13. The van der Waals surface area contributed by atoms with Gasteiger partial charge in [-0.15, -0.1) is 0 Å². The van der Waals surface area contributed by atoms with Gasteiger partial charge in [0.2, 0.25) is 5.95 Å². The Balaban J connectivity index is 1.03. The second-order valence-electron chi connectivity index (χ2n) is 15.6.